The molecule has 3 aliphatic rings. The number of nitrogens with one attached hydrogen (secondary N) is 1. The second kappa shape index (κ2) is 7.31. The van der Waals surface area contributed by atoms with Crippen LogP contribution in [0.15, 0.2) is 10.9 Å². The first-order chi connectivity index (χ1) is 14.0. The van der Waals surface area contributed by atoms with Gasteiger partial charge in [0.1, 0.15) is 0 Å². The quantitative estimate of drug-likeness (QED) is 0.863. The highest BCUT2D eigenvalue weighted by molar-refractivity contribution is 5.35. The summed E-state index contributed by atoms with van der Waals surface area (Å²) in [7, 11) is 0. The summed E-state index contributed by atoms with van der Waals surface area (Å²) >= 11 is 0. The first-order valence-corrected chi connectivity index (χ1v) is 11.3. The van der Waals surface area contributed by atoms with Crippen LogP contribution in [-0.2, 0) is 19.5 Å². The molecule has 0 amide bonds. The second-order valence-corrected chi connectivity index (χ2v) is 9.47. The van der Waals surface area contributed by atoms with Gasteiger partial charge in [-0.3, -0.25) is 14.7 Å². The Balaban J connectivity index is 1.36. The van der Waals surface area contributed by atoms with Crippen LogP contribution >= 0.6 is 0 Å². The van der Waals surface area contributed by atoms with Crippen LogP contribution < -0.4 is 10.5 Å². The van der Waals surface area contributed by atoms with E-state index in [0.717, 1.165) is 62.4 Å². The maximum Gasteiger partial charge on any atom is 0.255 e. The zero-order valence-electron chi connectivity index (χ0n) is 18.0. The summed E-state index contributed by atoms with van der Waals surface area (Å²) in [6, 6.07) is 3.08. The molecule has 0 aromatic carbocycles. The Morgan fingerprint density at radius 1 is 1.21 bits per heavy atom. The Kier molecular flexibility index (Phi) is 4.77. The van der Waals surface area contributed by atoms with Crippen molar-refractivity contribution in [3.63, 3.8) is 0 Å². The topological polar surface area (TPSA) is 57.2 Å². The molecule has 1 aliphatic carbocycles. The summed E-state index contributed by atoms with van der Waals surface area (Å²) in [5.41, 5.74) is 6.15. The number of H-pyrrole nitrogens is 1. The smallest absolute Gasteiger partial charge is 0.255 e. The third-order valence-corrected chi connectivity index (χ3v) is 6.99. The van der Waals surface area contributed by atoms with E-state index >= 15 is 0 Å². The highest BCUT2D eigenvalue weighted by Crippen LogP contribution is 2.38. The number of rotatable bonds is 4. The number of nitrogens with zero attached hydrogens (tertiary/aromatic N) is 4. The molecule has 2 aromatic heterocycles. The van der Waals surface area contributed by atoms with Crippen molar-refractivity contribution in [3.8, 4) is 0 Å². The lowest BCUT2D eigenvalue weighted by atomic mass is 10.0. The van der Waals surface area contributed by atoms with Gasteiger partial charge in [0.2, 0.25) is 5.95 Å². The molecule has 2 aromatic rings. The van der Waals surface area contributed by atoms with Gasteiger partial charge < -0.3 is 9.47 Å². The molecule has 1 N–H and O–H groups in total. The fraction of sp³-hybridized carbons (Fsp3) is 0.652. The number of hydrogen-bond acceptors (Lipinski definition) is 4. The lowest BCUT2D eigenvalue weighted by molar-refractivity contribution is 0.240. The molecule has 2 aliphatic heterocycles. The third kappa shape index (κ3) is 3.63. The molecular formula is C23H33N5O. The fourth-order valence-electron chi connectivity index (χ4n) is 5.29. The molecule has 0 bridgehead atoms. The van der Waals surface area contributed by atoms with E-state index in [1.54, 1.807) is 0 Å². The van der Waals surface area contributed by atoms with Crippen LogP contribution in [0.25, 0.3) is 0 Å². The summed E-state index contributed by atoms with van der Waals surface area (Å²) in [6.45, 7) is 11.4. The van der Waals surface area contributed by atoms with Crippen LogP contribution in [0.2, 0.25) is 0 Å². The Hall–Kier alpha value is -2.08. The van der Waals surface area contributed by atoms with Crippen LogP contribution in [0.5, 0.6) is 0 Å². The van der Waals surface area contributed by atoms with E-state index in [1.165, 1.54) is 42.6 Å². The van der Waals surface area contributed by atoms with Gasteiger partial charge in [-0.15, -0.1) is 0 Å². The van der Waals surface area contributed by atoms with E-state index < -0.39 is 0 Å². The molecule has 29 heavy (non-hydrogen) atoms. The van der Waals surface area contributed by atoms with Gasteiger partial charge in [0.05, 0.1) is 5.69 Å². The Morgan fingerprint density at radius 2 is 2.03 bits per heavy atom. The molecule has 0 spiro atoms. The highest BCUT2D eigenvalue weighted by Gasteiger charge is 2.28. The molecule has 6 heteroatoms. The Bertz CT molecular complexity index is 970. The van der Waals surface area contributed by atoms with E-state index in [1.807, 2.05) is 0 Å². The molecule has 4 heterocycles. The third-order valence-electron chi connectivity index (χ3n) is 6.99. The molecule has 6 nitrogen and oxygen atoms in total. The summed E-state index contributed by atoms with van der Waals surface area (Å²) in [5.74, 6) is 1.43. The van der Waals surface area contributed by atoms with Crippen LogP contribution in [0.3, 0.4) is 0 Å². The Morgan fingerprint density at radius 3 is 2.79 bits per heavy atom. The van der Waals surface area contributed by atoms with Crippen LogP contribution in [0, 0.1) is 19.8 Å². The molecule has 2 fully saturated rings. The molecule has 1 atom stereocenters. The van der Waals surface area contributed by atoms with Crippen LogP contribution in [-0.4, -0.2) is 39.1 Å². The first-order valence-electron chi connectivity index (χ1n) is 11.3. The molecule has 156 valence electrons. The number of aromatic nitrogens is 3. The molecule has 5 rings (SSSR count). The highest BCUT2D eigenvalue weighted by atomic mass is 16.1. The number of aryl methyl sites for hydroxylation is 1. The van der Waals surface area contributed by atoms with E-state index in [-0.39, 0.29) is 5.56 Å². The summed E-state index contributed by atoms with van der Waals surface area (Å²) in [6.07, 6.45) is 5.86. The lowest BCUT2D eigenvalue weighted by Crippen LogP contribution is -2.39. The predicted octanol–water partition coefficient (Wildman–Crippen LogP) is 3.32. The minimum absolute atomic E-state index is 0.0646. The van der Waals surface area contributed by atoms with Gasteiger partial charge in [-0.25, -0.2) is 4.98 Å². The number of piperidine rings is 1. The lowest BCUT2D eigenvalue weighted by Gasteiger charge is -2.33. The predicted molar refractivity (Wildman–Crippen MR) is 115 cm³/mol. The SMILES string of the molecule is Cc1cc(CN2CCc3c(nc(N4CCC[C@H](C)C4)[nH]c3=O)C2)c(C)n1C1CC1. The van der Waals surface area contributed by atoms with Crippen molar-refractivity contribution >= 4 is 5.95 Å². The van der Waals surface area contributed by atoms with E-state index in [9.17, 15) is 4.79 Å². The average Bonchev–Trinajstić information content (AvgIpc) is 3.48. The largest absolute Gasteiger partial charge is 0.346 e. The molecule has 0 radical (unpaired) electrons. The average molecular weight is 396 g/mol. The van der Waals surface area contributed by atoms with Gasteiger partial charge >= 0.3 is 0 Å². The van der Waals surface area contributed by atoms with Crippen molar-refractivity contribution in [2.45, 2.75) is 72.0 Å². The van der Waals surface area contributed by atoms with Crippen molar-refractivity contribution in [2.24, 2.45) is 5.92 Å². The normalized spacial score (nSPS) is 22.7. The Labute approximate surface area is 172 Å². The van der Waals surface area contributed by atoms with E-state index in [4.69, 9.17) is 4.98 Å². The van der Waals surface area contributed by atoms with Gasteiger partial charge in [-0.2, -0.15) is 0 Å². The standard InChI is InChI=1S/C23H33N5O/c1-15-5-4-9-27(12-15)23-24-21-14-26(10-8-20(21)22(29)25-23)13-18-11-16(2)28(17(18)3)19-6-7-19/h11,15,19H,4-10,12-14H2,1-3H3,(H,24,25,29)/t15-/m0/s1. The van der Waals surface area contributed by atoms with Gasteiger partial charge in [0, 0.05) is 55.7 Å². The first kappa shape index (κ1) is 18.9. The number of anilines is 1. The molecule has 0 unspecified atom stereocenters. The van der Waals surface area contributed by atoms with E-state index in [0.29, 0.717) is 5.92 Å². The van der Waals surface area contributed by atoms with Crippen LogP contribution in [0.4, 0.5) is 5.95 Å². The van der Waals surface area contributed by atoms with Crippen molar-refractivity contribution in [1.29, 1.82) is 0 Å². The number of fused-ring (bicyclic) bond motifs is 1. The van der Waals surface area contributed by atoms with Gasteiger partial charge in [0.15, 0.2) is 0 Å². The number of hydrogen-bond donors (Lipinski definition) is 1. The number of aromatic amines is 1. The van der Waals surface area contributed by atoms with Crippen LogP contribution in [0.1, 0.15) is 66.9 Å². The zero-order chi connectivity index (χ0) is 20.1. The summed E-state index contributed by atoms with van der Waals surface area (Å²) in [4.78, 5) is 25.4. The summed E-state index contributed by atoms with van der Waals surface area (Å²) < 4.78 is 2.52. The van der Waals surface area contributed by atoms with Gasteiger partial charge in [-0.1, -0.05) is 6.92 Å². The van der Waals surface area contributed by atoms with Gasteiger partial charge in [0.25, 0.3) is 5.56 Å². The van der Waals surface area contributed by atoms with E-state index in [2.05, 4.69) is 46.2 Å². The van der Waals surface area contributed by atoms with Crippen molar-refractivity contribution in [2.75, 3.05) is 24.5 Å². The molecule has 1 saturated carbocycles. The van der Waals surface area contributed by atoms with Crippen molar-refractivity contribution in [1.82, 2.24) is 19.4 Å². The fourth-order valence-corrected chi connectivity index (χ4v) is 5.29. The molecular weight excluding hydrogens is 362 g/mol. The zero-order valence-corrected chi connectivity index (χ0v) is 18.0. The molecule has 1 saturated heterocycles. The van der Waals surface area contributed by atoms with Crippen molar-refractivity contribution in [3.05, 3.63) is 44.6 Å². The second-order valence-electron chi connectivity index (χ2n) is 9.47. The maximum atomic E-state index is 12.7. The monoisotopic (exact) mass is 395 g/mol. The maximum absolute atomic E-state index is 12.7. The summed E-state index contributed by atoms with van der Waals surface area (Å²) in [5, 5.41) is 0. The minimum Gasteiger partial charge on any atom is -0.346 e. The van der Waals surface area contributed by atoms with Gasteiger partial charge in [-0.05, 0) is 63.5 Å². The minimum atomic E-state index is 0.0646. The van der Waals surface area contributed by atoms with Crippen molar-refractivity contribution < 1.29 is 0 Å².